The molecule has 166 valence electrons. The van der Waals surface area contributed by atoms with Crippen LogP contribution in [0.4, 0.5) is 13.2 Å². The number of halogens is 3. The van der Waals surface area contributed by atoms with Crippen LogP contribution in [0.1, 0.15) is 34.5 Å². The van der Waals surface area contributed by atoms with Crippen molar-refractivity contribution in [2.45, 2.75) is 31.6 Å². The number of carbonyl (C=O) groups is 1. The van der Waals surface area contributed by atoms with Crippen LogP contribution in [0, 0.1) is 0 Å². The van der Waals surface area contributed by atoms with E-state index in [9.17, 15) is 18.0 Å². The molecule has 1 amide bonds. The van der Waals surface area contributed by atoms with E-state index in [0.29, 0.717) is 36.9 Å². The van der Waals surface area contributed by atoms with E-state index in [4.69, 9.17) is 0 Å². The van der Waals surface area contributed by atoms with Crippen LogP contribution in [0.5, 0.6) is 0 Å². The van der Waals surface area contributed by atoms with Crippen LogP contribution in [0.25, 0.3) is 0 Å². The number of hydrogen-bond acceptors (Lipinski definition) is 4. The minimum absolute atomic E-state index is 0.0211. The number of rotatable bonds is 4. The molecule has 8 heteroatoms. The molecule has 0 unspecified atom stereocenters. The number of piperidine rings is 1. The second-order valence-corrected chi connectivity index (χ2v) is 8.21. The molecule has 1 aromatic heterocycles. The SMILES string of the molecule is O=C(c1ccccn1)N1CCC(N2CCN(Cc3ccccc3C(F)(F)F)CC2)CC1. The Hall–Kier alpha value is -2.45. The van der Waals surface area contributed by atoms with Gasteiger partial charge in [-0.2, -0.15) is 13.2 Å². The van der Waals surface area contributed by atoms with E-state index >= 15 is 0 Å². The van der Waals surface area contributed by atoms with Gasteiger partial charge >= 0.3 is 6.18 Å². The molecule has 2 fully saturated rings. The number of pyridine rings is 1. The molecule has 0 N–H and O–H groups in total. The molecule has 0 aliphatic carbocycles. The Balaban J connectivity index is 1.26. The third kappa shape index (κ3) is 5.25. The van der Waals surface area contributed by atoms with E-state index in [1.54, 1.807) is 30.5 Å². The van der Waals surface area contributed by atoms with Gasteiger partial charge in [0.2, 0.25) is 0 Å². The number of hydrogen-bond donors (Lipinski definition) is 0. The smallest absolute Gasteiger partial charge is 0.337 e. The van der Waals surface area contributed by atoms with Crippen molar-refractivity contribution in [2.75, 3.05) is 39.3 Å². The van der Waals surface area contributed by atoms with Crippen molar-refractivity contribution in [3.8, 4) is 0 Å². The fraction of sp³-hybridized carbons (Fsp3) is 0.478. The summed E-state index contributed by atoms with van der Waals surface area (Å²) in [6.45, 7) is 4.91. The lowest BCUT2D eigenvalue weighted by molar-refractivity contribution is -0.138. The van der Waals surface area contributed by atoms with Gasteiger partial charge in [0.15, 0.2) is 0 Å². The number of piperazine rings is 1. The zero-order chi connectivity index (χ0) is 21.8. The quantitative estimate of drug-likeness (QED) is 0.741. The van der Waals surface area contributed by atoms with Gasteiger partial charge in [-0.25, -0.2) is 0 Å². The van der Waals surface area contributed by atoms with E-state index in [2.05, 4.69) is 14.8 Å². The van der Waals surface area contributed by atoms with E-state index < -0.39 is 11.7 Å². The summed E-state index contributed by atoms with van der Waals surface area (Å²) in [6.07, 6.45) is -0.864. The van der Waals surface area contributed by atoms with Crippen molar-refractivity contribution in [1.29, 1.82) is 0 Å². The Morgan fingerprint density at radius 3 is 2.26 bits per heavy atom. The monoisotopic (exact) mass is 432 g/mol. The van der Waals surface area contributed by atoms with Crippen LogP contribution in [-0.4, -0.2) is 70.9 Å². The highest BCUT2D eigenvalue weighted by Gasteiger charge is 2.34. The first-order chi connectivity index (χ1) is 14.9. The van der Waals surface area contributed by atoms with Gasteiger partial charge in [0, 0.05) is 58.1 Å². The van der Waals surface area contributed by atoms with Gasteiger partial charge in [0.05, 0.1) is 5.56 Å². The Labute approximate surface area is 180 Å². The molecular formula is C23H27F3N4O. The highest BCUT2D eigenvalue weighted by atomic mass is 19.4. The van der Waals surface area contributed by atoms with E-state index in [-0.39, 0.29) is 5.91 Å². The van der Waals surface area contributed by atoms with E-state index in [0.717, 1.165) is 45.1 Å². The first-order valence-electron chi connectivity index (χ1n) is 10.7. The third-order valence-electron chi connectivity index (χ3n) is 6.28. The minimum Gasteiger partial charge on any atom is -0.337 e. The summed E-state index contributed by atoms with van der Waals surface area (Å²) >= 11 is 0. The minimum atomic E-state index is -4.32. The second kappa shape index (κ2) is 9.36. The predicted molar refractivity (Wildman–Crippen MR) is 111 cm³/mol. The molecule has 5 nitrogen and oxygen atoms in total. The first kappa shape index (κ1) is 21.8. The fourth-order valence-corrected chi connectivity index (χ4v) is 4.55. The van der Waals surface area contributed by atoms with E-state index in [1.165, 1.54) is 6.07 Å². The van der Waals surface area contributed by atoms with Gasteiger partial charge in [0.1, 0.15) is 5.69 Å². The molecule has 0 radical (unpaired) electrons. The van der Waals surface area contributed by atoms with Gasteiger partial charge < -0.3 is 4.90 Å². The maximum absolute atomic E-state index is 13.2. The molecular weight excluding hydrogens is 405 g/mol. The average Bonchev–Trinajstić information content (AvgIpc) is 2.79. The lowest BCUT2D eigenvalue weighted by Crippen LogP contribution is -2.53. The van der Waals surface area contributed by atoms with E-state index in [1.807, 2.05) is 11.0 Å². The Kier molecular flexibility index (Phi) is 6.57. The van der Waals surface area contributed by atoms with Crippen molar-refractivity contribution in [1.82, 2.24) is 19.7 Å². The van der Waals surface area contributed by atoms with Gasteiger partial charge in [-0.1, -0.05) is 24.3 Å². The van der Waals surface area contributed by atoms with Crippen LogP contribution in [0.2, 0.25) is 0 Å². The highest BCUT2D eigenvalue weighted by Crippen LogP contribution is 2.32. The average molecular weight is 432 g/mol. The Morgan fingerprint density at radius 2 is 1.61 bits per heavy atom. The van der Waals surface area contributed by atoms with Gasteiger partial charge in [0.25, 0.3) is 5.91 Å². The van der Waals surface area contributed by atoms with Gasteiger partial charge in [-0.15, -0.1) is 0 Å². The molecule has 0 atom stereocenters. The van der Waals surface area contributed by atoms with Crippen molar-refractivity contribution < 1.29 is 18.0 Å². The zero-order valence-electron chi connectivity index (χ0n) is 17.4. The summed E-state index contributed by atoms with van der Waals surface area (Å²) in [5.74, 6) is -0.0211. The number of aromatic nitrogens is 1. The molecule has 2 aromatic rings. The molecule has 0 spiro atoms. The molecule has 2 saturated heterocycles. The molecule has 0 saturated carbocycles. The molecule has 31 heavy (non-hydrogen) atoms. The van der Waals surface area contributed by atoms with Crippen molar-refractivity contribution >= 4 is 5.91 Å². The van der Waals surface area contributed by atoms with Crippen LogP contribution in [0.15, 0.2) is 48.7 Å². The maximum atomic E-state index is 13.2. The third-order valence-corrected chi connectivity index (χ3v) is 6.28. The second-order valence-electron chi connectivity index (χ2n) is 8.21. The summed E-state index contributed by atoms with van der Waals surface area (Å²) in [5.41, 5.74) is 0.279. The molecule has 3 heterocycles. The van der Waals surface area contributed by atoms with Crippen LogP contribution < -0.4 is 0 Å². The zero-order valence-corrected chi connectivity index (χ0v) is 17.4. The highest BCUT2D eigenvalue weighted by molar-refractivity contribution is 5.92. The number of likely N-dealkylation sites (tertiary alicyclic amines) is 1. The van der Waals surface area contributed by atoms with Gasteiger partial charge in [-0.3, -0.25) is 19.6 Å². The molecule has 4 rings (SSSR count). The van der Waals surface area contributed by atoms with Crippen molar-refractivity contribution in [3.05, 3.63) is 65.5 Å². The van der Waals surface area contributed by atoms with Gasteiger partial charge in [-0.05, 0) is 36.6 Å². The fourth-order valence-electron chi connectivity index (χ4n) is 4.55. The molecule has 1 aromatic carbocycles. The number of nitrogens with zero attached hydrogens (tertiary/aromatic N) is 4. The summed E-state index contributed by atoms with van der Waals surface area (Å²) < 4.78 is 39.7. The summed E-state index contributed by atoms with van der Waals surface area (Å²) in [5, 5.41) is 0. The number of benzene rings is 1. The number of alkyl halides is 3. The maximum Gasteiger partial charge on any atom is 0.416 e. The summed E-state index contributed by atoms with van der Waals surface area (Å²) in [7, 11) is 0. The largest absolute Gasteiger partial charge is 0.416 e. The number of carbonyl (C=O) groups excluding carboxylic acids is 1. The van der Waals surface area contributed by atoms with Crippen LogP contribution >= 0.6 is 0 Å². The summed E-state index contributed by atoms with van der Waals surface area (Å²) in [6, 6.07) is 11.6. The predicted octanol–water partition coefficient (Wildman–Crippen LogP) is 3.52. The lowest BCUT2D eigenvalue weighted by atomic mass is 10.0. The number of amides is 1. The molecule has 2 aliphatic rings. The van der Waals surface area contributed by atoms with Crippen molar-refractivity contribution in [3.63, 3.8) is 0 Å². The topological polar surface area (TPSA) is 39.7 Å². The Bertz CT molecular complexity index is 874. The Morgan fingerprint density at radius 1 is 0.935 bits per heavy atom. The lowest BCUT2D eigenvalue weighted by Gasteiger charge is -2.42. The molecule has 0 bridgehead atoms. The first-order valence-corrected chi connectivity index (χ1v) is 10.7. The standard InChI is InChI=1S/C23H27F3N4O/c24-23(25,26)20-6-2-1-5-18(20)17-28-13-15-29(16-14-28)19-8-11-30(12-9-19)22(31)21-7-3-4-10-27-21/h1-7,10,19H,8-9,11-17H2. The summed E-state index contributed by atoms with van der Waals surface area (Å²) in [4.78, 5) is 23.1. The van der Waals surface area contributed by atoms with Crippen LogP contribution in [-0.2, 0) is 12.7 Å². The van der Waals surface area contributed by atoms with Crippen LogP contribution in [0.3, 0.4) is 0 Å². The molecule has 2 aliphatic heterocycles. The normalized spacial score (nSPS) is 19.5. The van der Waals surface area contributed by atoms with Crippen molar-refractivity contribution in [2.24, 2.45) is 0 Å².